The van der Waals surface area contributed by atoms with Crippen molar-refractivity contribution in [1.82, 2.24) is 0 Å². The fourth-order valence-corrected chi connectivity index (χ4v) is 2.04. The third-order valence-electron chi connectivity index (χ3n) is 2.35. The van der Waals surface area contributed by atoms with E-state index < -0.39 is 0 Å². The molecule has 5 heteroatoms. The van der Waals surface area contributed by atoms with Crippen molar-refractivity contribution in [2.75, 3.05) is 5.32 Å². The highest BCUT2D eigenvalue weighted by Gasteiger charge is 2.20. The molecule has 1 aromatic rings. The van der Waals surface area contributed by atoms with Gasteiger partial charge in [0.1, 0.15) is 0 Å². The third-order valence-corrected chi connectivity index (χ3v) is 3.35. The molecule has 1 aromatic carbocycles. The molecule has 17 heavy (non-hydrogen) atoms. The molecule has 0 aliphatic carbocycles. The van der Waals surface area contributed by atoms with E-state index >= 15 is 0 Å². The van der Waals surface area contributed by atoms with Crippen LogP contribution in [0.25, 0.3) is 0 Å². The molecule has 0 saturated carbocycles. The molecule has 0 bridgehead atoms. The predicted octanol–water partition coefficient (Wildman–Crippen LogP) is 2.93. The van der Waals surface area contributed by atoms with Crippen LogP contribution in [0.1, 0.15) is 19.8 Å². The molecule has 0 aromatic heterocycles. The highest BCUT2D eigenvalue weighted by Crippen LogP contribution is 2.14. The van der Waals surface area contributed by atoms with Gasteiger partial charge in [-0.15, -0.1) is 0 Å². The van der Waals surface area contributed by atoms with E-state index in [1.165, 1.54) is 0 Å². The first-order valence-electron chi connectivity index (χ1n) is 5.40. The van der Waals surface area contributed by atoms with E-state index in [9.17, 15) is 4.79 Å². The van der Waals surface area contributed by atoms with Crippen molar-refractivity contribution in [2.24, 2.45) is 11.7 Å². The Hall–Kier alpha value is -0.690. The van der Waals surface area contributed by atoms with Crippen molar-refractivity contribution in [3.8, 4) is 0 Å². The average Bonchev–Trinajstić information content (AvgIpc) is 2.28. The molecule has 3 nitrogen and oxygen atoms in total. The highest BCUT2D eigenvalue weighted by atomic mass is 127. The molecule has 92 valence electrons. The number of nitrogens with one attached hydrogen (secondary N) is 1. The number of halogens is 1. The fourth-order valence-electron chi connectivity index (χ4n) is 1.45. The number of hydrogen-bond acceptors (Lipinski definition) is 2. The number of thiocarbonyl (C=S) groups is 1. The second-order valence-electron chi connectivity index (χ2n) is 3.74. The van der Waals surface area contributed by atoms with Gasteiger partial charge >= 0.3 is 0 Å². The van der Waals surface area contributed by atoms with E-state index in [0.29, 0.717) is 6.42 Å². The molecule has 1 amide bonds. The van der Waals surface area contributed by atoms with Crippen molar-refractivity contribution in [3.05, 3.63) is 27.8 Å². The van der Waals surface area contributed by atoms with Gasteiger partial charge in [-0.05, 0) is 53.3 Å². The monoisotopic (exact) mass is 362 g/mol. The van der Waals surface area contributed by atoms with Crippen molar-refractivity contribution in [3.63, 3.8) is 0 Å². The first-order valence-corrected chi connectivity index (χ1v) is 6.89. The Kier molecular flexibility index (Phi) is 5.84. The van der Waals surface area contributed by atoms with Gasteiger partial charge in [-0.25, -0.2) is 0 Å². The molecule has 0 aliphatic heterocycles. The van der Waals surface area contributed by atoms with E-state index in [4.69, 9.17) is 18.0 Å². The molecule has 0 fully saturated rings. The zero-order chi connectivity index (χ0) is 12.8. The molecule has 0 saturated heterocycles. The lowest BCUT2D eigenvalue weighted by Gasteiger charge is -2.14. The third kappa shape index (κ3) is 4.59. The summed E-state index contributed by atoms with van der Waals surface area (Å²) in [5.74, 6) is -0.505. The van der Waals surface area contributed by atoms with Crippen LogP contribution in [0.4, 0.5) is 5.69 Å². The Labute approximate surface area is 120 Å². The minimum atomic E-state index is -0.380. The Balaban J connectivity index is 2.69. The van der Waals surface area contributed by atoms with Gasteiger partial charge < -0.3 is 11.1 Å². The molecule has 0 radical (unpaired) electrons. The van der Waals surface area contributed by atoms with E-state index in [1.54, 1.807) is 0 Å². The summed E-state index contributed by atoms with van der Waals surface area (Å²) in [6.07, 6.45) is 1.56. The van der Waals surface area contributed by atoms with Crippen molar-refractivity contribution >= 4 is 51.4 Å². The number of anilines is 1. The molecule has 0 heterocycles. The number of carbonyl (C=O) groups is 1. The minimum Gasteiger partial charge on any atom is -0.393 e. The normalized spacial score (nSPS) is 11.9. The standard InChI is InChI=1S/C12H15IN2OS/c1-2-3-10(11(14)17)12(16)15-9-6-4-8(13)5-7-9/h4-7,10H,2-3H2,1H3,(H2,14,17)(H,15,16). The average molecular weight is 362 g/mol. The number of nitrogens with two attached hydrogens (primary N) is 1. The summed E-state index contributed by atoms with van der Waals surface area (Å²) < 4.78 is 1.13. The van der Waals surface area contributed by atoms with Gasteiger partial charge in [0.2, 0.25) is 5.91 Å². The van der Waals surface area contributed by atoms with Crippen LogP contribution in [0.15, 0.2) is 24.3 Å². The molecule has 0 aliphatic rings. The van der Waals surface area contributed by atoms with Gasteiger partial charge in [0, 0.05) is 9.26 Å². The van der Waals surface area contributed by atoms with Crippen LogP contribution in [-0.2, 0) is 4.79 Å². The van der Waals surface area contributed by atoms with Gasteiger partial charge in [-0.3, -0.25) is 4.79 Å². The Bertz CT molecular complexity index is 405. The lowest BCUT2D eigenvalue weighted by atomic mass is 10.0. The van der Waals surface area contributed by atoms with Crippen LogP contribution in [0.2, 0.25) is 0 Å². The number of amides is 1. The summed E-state index contributed by atoms with van der Waals surface area (Å²) >= 11 is 7.13. The van der Waals surface area contributed by atoms with Gasteiger partial charge in [0.15, 0.2) is 0 Å². The summed E-state index contributed by atoms with van der Waals surface area (Å²) in [5, 5.41) is 2.83. The predicted molar refractivity (Wildman–Crippen MR) is 83.0 cm³/mol. The van der Waals surface area contributed by atoms with E-state index in [1.807, 2.05) is 31.2 Å². The van der Waals surface area contributed by atoms with Gasteiger partial charge in [-0.2, -0.15) is 0 Å². The van der Waals surface area contributed by atoms with Crippen LogP contribution < -0.4 is 11.1 Å². The number of benzene rings is 1. The second kappa shape index (κ2) is 6.90. The Morgan fingerprint density at radius 3 is 2.53 bits per heavy atom. The maximum absolute atomic E-state index is 11.9. The molecule has 3 N–H and O–H groups in total. The lowest BCUT2D eigenvalue weighted by molar-refractivity contribution is -0.118. The largest absolute Gasteiger partial charge is 0.393 e. The highest BCUT2D eigenvalue weighted by molar-refractivity contribution is 14.1. The zero-order valence-corrected chi connectivity index (χ0v) is 12.5. The Morgan fingerprint density at radius 2 is 2.06 bits per heavy atom. The SMILES string of the molecule is CCCC(C(=O)Nc1ccc(I)cc1)C(N)=S. The van der Waals surface area contributed by atoms with Gasteiger partial charge in [0.25, 0.3) is 0 Å². The second-order valence-corrected chi connectivity index (χ2v) is 5.46. The molecule has 1 rings (SSSR count). The summed E-state index contributed by atoms with van der Waals surface area (Å²) in [5.41, 5.74) is 6.34. The minimum absolute atomic E-state index is 0.124. The maximum atomic E-state index is 11.9. The summed E-state index contributed by atoms with van der Waals surface area (Å²) in [7, 11) is 0. The van der Waals surface area contributed by atoms with Crippen LogP contribution in [0.3, 0.4) is 0 Å². The van der Waals surface area contributed by atoms with E-state index in [-0.39, 0.29) is 16.8 Å². The molecular formula is C12H15IN2OS. The molecular weight excluding hydrogens is 347 g/mol. The van der Waals surface area contributed by atoms with Crippen LogP contribution >= 0.6 is 34.8 Å². The number of hydrogen-bond donors (Lipinski definition) is 2. The summed E-state index contributed by atoms with van der Waals surface area (Å²) in [6.45, 7) is 2.00. The van der Waals surface area contributed by atoms with Crippen molar-refractivity contribution < 1.29 is 4.79 Å². The van der Waals surface area contributed by atoms with Crippen LogP contribution in [0.5, 0.6) is 0 Å². The summed E-state index contributed by atoms with van der Waals surface area (Å²) in [4.78, 5) is 12.2. The van der Waals surface area contributed by atoms with Gasteiger partial charge in [-0.1, -0.05) is 25.6 Å². The topological polar surface area (TPSA) is 55.1 Å². The van der Waals surface area contributed by atoms with Crippen LogP contribution in [0, 0.1) is 9.49 Å². The first-order chi connectivity index (χ1) is 8.04. The van der Waals surface area contributed by atoms with E-state index in [0.717, 1.165) is 15.7 Å². The zero-order valence-electron chi connectivity index (χ0n) is 9.57. The molecule has 1 unspecified atom stereocenters. The number of carbonyl (C=O) groups excluding carboxylic acids is 1. The smallest absolute Gasteiger partial charge is 0.234 e. The van der Waals surface area contributed by atoms with Crippen molar-refractivity contribution in [2.45, 2.75) is 19.8 Å². The first kappa shape index (κ1) is 14.4. The lowest BCUT2D eigenvalue weighted by Crippen LogP contribution is -2.33. The molecule has 1 atom stereocenters. The van der Waals surface area contributed by atoms with E-state index in [2.05, 4.69) is 27.9 Å². The molecule has 0 spiro atoms. The van der Waals surface area contributed by atoms with Crippen molar-refractivity contribution in [1.29, 1.82) is 0 Å². The fraction of sp³-hybridized carbons (Fsp3) is 0.333. The quantitative estimate of drug-likeness (QED) is 0.626. The van der Waals surface area contributed by atoms with Gasteiger partial charge in [0.05, 0.1) is 10.9 Å². The number of rotatable bonds is 5. The summed E-state index contributed by atoms with van der Waals surface area (Å²) in [6, 6.07) is 7.60. The Morgan fingerprint density at radius 1 is 1.47 bits per heavy atom. The maximum Gasteiger partial charge on any atom is 0.234 e. The van der Waals surface area contributed by atoms with Crippen LogP contribution in [-0.4, -0.2) is 10.9 Å².